The summed E-state index contributed by atoms with van der Waals surface area (Å²) in [6.45, 7) is 3.84. The minimum atomic E-state index is -0.349. The number of carbonyl (C=O) groups is 2. The van der Waals surface area contributed by atoms with Crippen LogP contribution in [-0.4, -0.2) is 18.5 Å². The van der Waals surface area contributed by atoms with Gasteiger partial charge in [0.2, 0.25) is 0 Å². The number of rotatable bonds is 1. The first kappa shape index (κ1) is 11.1. The Bertz CT molecular complexity index is 446. The fraction of sp³-hybridized carbons (Fsp3) is 0.273. The summed E-state index contributed by atoms with van der Waals surface area (Å²) in [5, 5.41) is 2.51. The van der Waals surface area contributed by atoms with E-state index in [9.17, 15) is 9.59 Å². The van der Waals surface area contributed by atoms with E-state index in [2.05, 4.69) is 21.2 Å². The van der Waals surface area contributed by atoms with E-state index >= 15 is 0 Å². The van der Waals surface area contributed by atoms with E-state index in [1.54, 1.807) is 0 Å². The topological polar surface area (TPSA) is 49.4 Å². The lowest BCUT2D eigenvalue weighted by atomic mass is 10.1. The number of halogens is 1. The Balaban J connectivity index is 2.55. The number of anilines is 1. The predicted molar refractivity (Wildman–Crippen MR) is 64.5 cm³/mol. The molecule has 1 aromatic carbocycles. The number of nitrogens with one attached hydrogen (secondary N) is 1. The van der Waals surface area contributed by atoms with Gasteiger partial charge in [-0.25, -0.2) is 9.69 Å². The molecule has 84 valence electrons. The van der Waals surface area contributed by atoms with Gasteiger partial charge in [-0.15, -0.1) is 0 Å². The first-order valence-corrected chi connectivity index (χ1v) is 5.67. The van der Waals surface area contributed by atoms with E-state index in [1.165, 1.54) is 4.90 Å². The number of hydrogen-bond donors (Lipinski definition) is 1. The van der Waals surface area contributed by atoms with Crippen LogP contribution >= 0.6 is 15.9 Å². The molecular weight excluding hydrogens is 272 g/mol. The van der Waals surface area contributed by atoms with Crippen molar-refractivity contribution in [1.82, 2.24) is 5.32 Å². The molecule has 1 aliphatic heterocycles. The van der Waals surface area contributed by atoms with Crippen LogP contribution in [-0.2, 0) is 4.79 Å². The molecule has 1 fully saturated rings. The van der Waals surface area contributed by atoms with Crippen molar-refractivity contribution in [2.24, 2.45) is 0 Å². The molecule has 4 nitrogen and oxygen atoms in total. The monoisotopic (exact) mass is 282 g/mol. The summed E-state index contributed by atoms with van der Waals surface area (Å²) in [5.41, 5.74) is 2.48. The number of benzene rings is 1. The van der Waals surface area contributed by atoms with Crippen molar-refractivity contribution in [1.29, 1.82) is 0 Å². The van der Waals surface area contributed by atoms with Crippen LogP contribution < -0.4 is 10.2 Å². The molecule has 0 atom stereocenters. The maximum absolute atomic E-state index is 11.6. The second-order valence-electron chi connectivity index (χ2n) is 3.78. The van der Waals surface area contributed by atoms with E-state index in [-0.39, 0.29) is 18.5 Å². The molecular formula is C11H11BrN2O2. The molecule has 1 aromatic rings. The SMILES string of the molecule is Cc1cc(Br)cc(C)c1N1C(=O)CNC1=O. The van der Waals surface area contributed by atoms with Crippen molar-refractivity contribution in [2.75, 3.05) is 11.4 Å². The van der Waals surface area contributed by atoms with Gasteiger partial charge in [-0.1, -0.05) is 15.9 Å². The molecule has 0 unspecified atom stereocenters. The Kier molecular flexibility index (Phi) is 2.71. The standard InChI is InChI=1S/C11H11BrN2O2/c1-6-3-8(12)4-7(2)10(6)14-9(15)5-13-11(14)16/h3-4H,5H2,1-2H3,(H,13,16). The predicted octanol–water partition coefficient (Wildman–Crippen LogP) is 2.12. The lowest BCUT2D eigenvalue weighted by Crippen LogP contribution is -2.31. The first-order chi connectivity index (χ1) is 7.50. The molecule has 0 saturated carbocycles. The number of aryl methyl sites for hydroxylation is 2. The van der Waals surface area contributed by atoms with E-state index < -0.39 is 0 Å². The normalized spacial score (nSPS) is 15.6. The quantitative estimate of drug-likeness (QED) is 0.803. The van der Waals surface area contributed by atoms with Gasteiger partial charge in [0.05, 0.1) is 12.2 Å². The molecule has 2 rings (SSSR count). The Morgan fingerprint density at radius 1 is 1.25 bits per heavy atom. The van der Waals surface area contributed by atoms with Crippen LogP contribution in [0.25, 0.3) is 0 Å². The number of amides is 3. The fourth-order valence-corrected chi connectivity index (χ4v) is 2.59. The molecule has 5 heteroatoms. The maximum atomic E-state index is 11.6. The third-order valence-corrected chi connectivity index (χ3v) is 2.98. The van der Waals surface area contributed by atoms with Crippen LogP contribution in [0.2, 0.25) is 0 Å². The van der Waals surface area contributed by atoms with Gasteiger partial charge in [0.15, 0.2) is 0 Å². The summed E-state index contributed by atoms with van der Waals surface area (Å²) < 4.78 is 0.943. The molecule has 0 spiro atoms. The summed E-state index contributed by atoms with van der Waals surface area (Å²) in [7, 11) is 0. The van der Waals surface area contributed by atoms with Crippen LogP contribution in [0.15, 0.2) is 16.6 Å². The minimum Gasteiger partial charge on any atom is -0.328 e. The largest absolute Gasteiger partial charge is 0.329 e. The van der Waals surface area contributed by atoms with Crippen molar-refractivity contribution in [3.05, 3.63) is 27.7 Å². The number of carbonyl (C=O) groups excluding carboxylic acids is 2. The first-order valence-electron chi connectivity index (χ1n) is 4.88. The summed E-state index contributed by atoms with van der Waals surface area (Å²) in [4.78, 5) is 24.4. The Labute approximate surface area is 102 Å². The van der Waals surface area contributed by atoms with Gasteiger partial charge in [-0.2, -0.15) is 0 Å². The minimum absolute atomic E-state index is 0.0772. The highest BCUT2D eigenvalue weighted by molar-refractivity contribution is 9.10. The molecule has 0 aliphatic carbocycles. The molecule has 1 heterocycles. The van der Waals surface area contributed by atoms with Crippen LogP contribution in [0.5, 0.6) is 0 Å². The molecule has 3 amide bonds. The Morgan fingerprint density at radius 2 is 1.81 bits per heavy atom. The van der Waals surface area contributed by atoms with Gasteiger partial charge < -0.3 is 5.32 Å². The van der Waals surface area contributed by atoms with Gasteiger partial charge in [0, 0.05) is 4.47 Å². The molecule has 1 saturated heterocycles. The third kappa shape index (κ3) is 1.71. The van der Waals surface area contributed by atoms with Crippen molar-refractivity contribution in [3.63, 3.8) is 0 Å². The maximum Gasteiger partial charge on any atom is 0.329 e. The van der Waals surface area contributed by atoms with E-state index in [1.807, 2.05) is 26.0 Å². The number of nitrogens with zero attached hydrogens (tertiary/aromatic N) is 1. The van der Waals surface area contributed by atoms with Crippen molar-refractivity contribution in [3.8, 4) is 0 Å². The van der Waals surface area contributed by atoms with Gasteiger partial charge >= 0.3 is 6.03 Å². The number of urea groups is 1. The van der Waals surface area contributed by atoms with E-state index in [0.29, 0.717) is 5.69 Å². The van der Waals surface area contributed by atoms with Crippen molar-refractivity contribution >= 4 is 33.6 Å². The highest BCUT2D eigenvalue weighted by Crippen LogP contribution is 2.29. The zero-order chi connectivity index (χ0) is 11.9. The second-order valence-corrected chi connectivity index (χ2v) is 4.69. The Hall–Kier alpha value is -1.36. The molecule has 1 N–H and O–H groups in total. The zero-order valence-electron chi connectivity index (χ0n) is 9.00. The third-order valence-electron chi connectivity index (χ3n) is 2.52. The molecule has 0 radical (unpaired) electrons. The summed E-state index contributed by atoms with van der Waals surface area (Å²) in [6, 6.07) is 3.43. The molecule has 16 heavy (non-hydrogen) atoms. The lowest BCUT2D eigenvalue weighted by molar-refractivity contribution is -0.115. The summed E-state index contributed by atoms with van der Waals surface area (Å²) in [5.74, 6) is -0.210. The summed E-state index contributed by atoms with van der Waals surface area (Å²) in [6.07, 6.45) is 0. The molecule has 1 aliphatic rings. The lowest BCUT2D eigenvalue weighted by Gasteiger charge is -2.18. The zero-order valence-corrected chi connectivity index (χ0v) is 10.6. The molecule has 0 bridgehead atoms. The van der Waals surface area contributed by atoms with Gasteiger partial charge in [0.1, 0.15) is 0 Å². The van der Waals surface area contributed by atoms with Gasteiger partial charge in [-0.05, 0) is 37.1 Å². The number of imide groups is 1. The van der Waals surface area contributed by atoms with Crippen LogP contribution in [0.4, 0.5) is 10.5 Å². The van der Waals surface area contributed by atoms with Crippen molar-refractivity contribution in [2.45, 2.75) is 13.8 Å². The highest BCUT2D eigenvalue weighted by atomic mass is 79.9. The van der Waals surface area contributed by atoms with E-state index in [4.69, 9.17) is 0 Å². The second kappa shape index (κ2) is 3.90. The van der Waals surface area contributed by atoms with Gasteiger partial charge in [0.25, 0.3) is 5.91 Å². The van der Waals surface area contributed by atoms with Crippen LogP contribution in [0, 0.1) is 13.8 Å². The number of hydrogen-bond acceptors (Lipinski definition) is 2. The van der Waals surface area contributed by atoms with Crippen molar-refractivity contribution < 1.29 is 9.59 Å². The Morgan fingerprint density at radius 3 is 2.25 bits per heavy atom. The van der Waals surface area contributed by atoms with Crippen LogP contribution in [0.1, 0.15) is 11.1 Å². The summed E-state index contributed by atoms with van der Waals surface area (Å²) >= 11 is 3.38. The smallest absolute Gasteiger partial charge is 0.328 e. The molecule has 0 aromatic heterocycles. The van der Waals surface area contributed by atoms with E-state index in [0.717, 1.165) is 15.6 Å². The highest BCUT2D eigenvalue weighted by Gasteiger charge is 2.31. The average Bonchev–Trinajstić information content (AvgIpc) is 2.47. The average molecular weight is 283 g/mol. The fourth-order valence-electron chi connectivity index (χ4n) is 1.90. The van der Waals surface area contributed by atoms with Crippen LogP contribution in [0.3, 0.4) is 0 Å². The van der Waals surface area contributed by atoms with Gasteiger partial charge in [-0.3, -0.25) is 4.79 Å².